The fourth-order valence-corrected chi connectivity index (χ4v) is 1.63. The molecule has 4 heteroatoms. The molecule has 0 saturated carbocycles. The van der Waals surface area contributed by atoms with Crippen LogP contribution in [0.1, 0.15) is 5.69 Å². The van der Waals surface area contributed by atoms with Crippen molar-refractivity contribution in [1.82, 2.24) is 9.97 Å². The van der Waals surface area contributed by atoms with Crippen LogP contribution in [0, 0.1) is 6.92 Å². The minimum Gasteiger partial charge on any atom is -0.233 e. The second-order valence-corrected chi connectivity index (χ2v) is 3.55. The van der Waals surface area contributed by atoms with Crippen molar-refractivity contribution in [3.05, 3.63) is 34.1 Å². The number of hydrogen-bond acceptors (Lipinski definition) is 2. The lowest BCUT2D eigenvalue weighted by molar-refractivity contribution is 1.20. The molecule has 0 aromatic carbocycles. The zero-order chi connectivity index (χ0) is 9.42. The zero-order valence-electron chi connectivity index (χ0n) is 6.88. The molecule has 0 spiro atoms. The number of aryl methyl sites for hydroxylation is 1. The molecule has 0 aliphatic heterocycles. The van der Waals surface area contributed by atoms with Gasteiger partial charge in [0.1, 0.15) is 5.15 Å². The van der Waals surface area contributed by atoms with Crippen LogP contribution < -0.4 is 0 Å². The van der Waals surface area contributed by atoms with Crippen LogP contribution >= 0.6 is 23.2 Å². The summed E-state index contributed by atoms with van der Waals surface area (Å²) < 4.78 is 0. The summed E-state index contributed by atoms with van der Waals surface area (Å²) in [5, 5.41) is 1.79. The Labute approximate surface area is 85.5 Å². The van der Waals surface area contributed by atoms with E-state index in [1.54, 1.807) is 6.07 Å². The molecule has 2 rings (SSSR count). The fourth-order valence-electron chi connectivity index (χ4n) is 1.13. The van der Waals surface area contributed by atoms with Gasteiger partial charge in [0.05, 0.1) is 5.02 Å². The van der Waals surface area contributed by atoms with E-state index in [1.807, 2.05) is 19.1 Å². The molecule has 0 aliphatic carbocycles. The number of halogens is 2. The van der Waals surface area contributed by atoms with E-state index < -0.39 is 0 Å². The molecule has 0 N–H and O–H groups in total. The molecular weight excluding hydrogens is 207 g/mol. The Kier molecular flexibility index (Phi) is 2.10. The van der Waals surface area contributed by atoms with Gasteiger partial charge in [-0.05, 0) is 25.1 Å². The molecule has 0 amide bonds. The molecule has 0 aliphatic rings. The van der Waals surface area contributed by atoms with Crippen LogP contribution in [0.3, 0.4) is 0 Å². The van der Waals surface area contributed by atoms with Crippen molar-refractivity contribution in [2.75, 3.05) is 0 Å². The van der Waals surface area contributed by atoms with Gasteiger partial charge < -0.3 is 0 Å². The lowest BCUT2D eigenvalue weighted by atomic mass is 10.2. The summed E-state index contributed by atoms with van der Waals surface area (Å²) in [5.41, 5.74) is 1.50. The minimum atomic E-state index is 0.371. The summed E-state index contributed by atoms with van der Waals surface area (Å²) in [7, 11) is 0. The number of aromatic nitrogens is 2. The average Bonchev–Trinajstić information content (AvgIpc) is 2.02. The van der Waals surface area contributed by atoms with Crippen LogP contribution in [0.5, 0.6) is 0 Å². The molecule has 0 bridgehead atoms. The predicted molar refractivity (Wildman–Crippen MR) is 54.3 cm³/mol. The van der Waals surface area contributed by atoms with Crippen molar-refractivity contribution in [3.63, 3.8) is 0 Å². The van der Waals surface area contributed by atoms with Crippen LogP contribution in [0.2, 0.25) is 10.2 Å². The van der Waals surface area contributed by atoms with E-state index >= 15 is 0 Å². The van der Waals surface area contributed by atoms with Gasteiger partial charge in [-0.25, -0.2) is 9.97 Å². The van der Waals surface area contributed by atoms with Gasteiger partial charge in [0.2, 0.25) is 0 Å². The second kappa shape index (κ2) is 3.13. The minimum absolute atomic E-state index is 0.371. The number of nitrogens with zero attached hydrogens (tertiary/aromatic N) is 2. The Morgan fingerprint density at radius 2 is 1.92 bits per heavy atom. The van der Waals surface area contributed by atoms with E-state index in [0.717, 1.165) is 11.1 Å². The molecule has 0 saturated heterocycles. The Balaban J connectivity index is 2.86. The highest BCUT2D eigenvalue weighted by Crippen LogP contribution is 2.23. The number of fused-ring (bicyclic) bond motifs is 1. The fraction of sp³-hybridized carbons (Fsp3) is 0.111. The predicted octanol–water partition coefficient (Wildman–Crippen LogP) is 3.25. The SMILES string of the molecule is Cc1ccc2c(Cl)cc(Cl)nc2n1. The van der Waals surface area contributed by atoms with Crippen molar-refractivity contribution >= 4 is 34.2 Å². The molecule has 0 atom stereocenters. The molecule has 2 heterocycles. The van der Waals surface area contributed by atoms with E-state index in [4.69, 9.17) is 23.2 Å². The van der Waals surface area contributed by atoms with E-state index in [-0.39, 0.29) is 0 Å². The van der Waals surface area contributed by atoms with Gasteiger partial charge >= 0.3 is 0 Å². The Bertz CT molecular complexity index is 463. The van der Waals surface area contributed by atoms with Crippen LogP contribution in [0.4, 0.5) is 0 Å². The maximum absolute atomic E-state index is 5.95. The smallest absolute Gasteiger partial charge is 0.162 e. The average molecular weight is 213 g/mol. The van der Waals surface area contributed by atoms with Gasteiger partial charge in [-0.15, -0.1) is 0 Å². The zero-order valence-corrected chi connectivity index (χ0v) is 8.39. The van der Waals surface area contributed by atoms with E-state index in [2.05, 4.69) is 9.97 Å². The lowest BCUT2D eigenvalue weighted by Crippen LogP contribution is -1.87. The number of pyridine rings is 2. The highest BCUT2D eigenvalue weighted by atomic mass is 35.5. The molecule has 2 aromatic heterocycles. The van der Waals surface area contributed by atoms with Gasteiger partial charge in [0.25, 0.3) is 0 Å². The maximum Gasteiger partial charge on any atom is 0.162 e. The van der Waals surface area contributed by atoms with Crippen LogP contribution in [0.15, 0.2) is 18.2 Å². The largest absolute Gasteiger partial charge is 0.233 e. The third-order valence-electron chi connectivity index (χ3n) is 1.73. The van der Waals surface area contributed by atoms with E-state index in [9.17, 15) is 0 Å². The van der Waals surface area contributed by atoms with E-state index in [0.29, 0.717) is 15.8 Å². The number of rotatable bonds is 0. The van der Waals surface area contributed by atoms with Crippen LogP contribution in [-0.4, -0.2) is 9.97 Å². The summed E-state index contributed by atoms with van der Waals surface area (Å²) >= 11 is 11.7. The summed E-state index contributed by atoms with van der Waals surface area (Å²) in [6, 6.07) is 5.40. The van der Waals surface area contributed by atoms with Crippen LogP contribution in [-0.2, 0) is 0 Å². The third-order valence-corrected chi connectivity index (χ3v) is 2.24. The van der Waals surface area contributed by atoms with Crippen molar-refractivity contribution in [2.24, 2.45) is 0 Å². The highest BCUT2D eigenvalue weighted by Gasteiger charge is 2.03. The standard InChI is InChI=1S/C9H6Cl2N2/c1-5-2-3-6-7(10)4-8(11)13-9(6)12-5/h2-4H,1H3. The molecule has 66 valence electrons. The highest BCUT2D eigenvalue weighted by molar-refractivity contribution is 6.37. The van der Waals surface area contributed by atoms with Gasteiger partial charge in [-0.3, -0.25) is 0 Å². The van der Waals surface area contributed by atoms with Crippen molar-refractivity contribution in [2.45, 2.75) is 6.92 Å². The first-order valence-electron chi connectivity index (χ1n) is 3.76. The molecule has 13 heavy (non-hydrogen) atoms. The third kappa shape index (κ3) is 1.60. The number of hydrogen-bond donors (Lipinski definition) is 0. The summed E-state index contributed by atoms with van der Waals surface area (Å²) in [4.78, 5) is 8.28. The molecule has 2 aromatic rings. The van der Waals surface area contributed by atoms with Gasteiger partial charge in [-0.1, -0.05) is 23.2 Å². The van der Waals surface area contributed by atoms with Gasteiger partial charge in [0, 0.05) is 11.1 Å². The van der Waals surface area contributed by atoms with Gasteiger partial charge in [-0.2, -0.15) is 0 Å². The second-order valence-electron chi connectivity index (χ2n) is 2.75. The first-order chi connectivity index (χ1) is 6.16. The lowest BCUT2D eigenvalue weighted by Gasteiger charge is -2.00. The van der Waals surface area contributed by atoms with Crippen molar-refractivity contribution in [1.29, 1.82) is 0 Å². The molecule has 0 fully saturated rings. The summed E-state index contributed by atoms with van der Waals surface area (Å²) in [5.74, 6) is 0. The molecule has 0 unspecified atom stereocenters. The summed E-state index contributed by atoms with van der Waals surface area (Å²) in [6.45, 7) is 1.90. The molecular formula is C9H6Cl2N2. The summed E-state index contributed by atoms with van der Waals surface area (Å²) in [6.07, 6.45) is 0. The first-order valence-corrected chi connectivity index (χ1v) is 4.52. The van der Waals surface area contributed by atoms with Gasteiger partial charge in [0.15, 0.2) is 5.65 Å². The Morgan fingerprint density at radius 1 is 1.15 bits per heavy atom. The Hall–Kier alpha value is -0.860. The van der Waals surface area contributed by atoms with Crippen molar-refractivity contribution < 1.29 is 0 Å². The normalized spacial score (nSPS) is 10.7. The topological polar surface area (TPSA) is 25.8 Å². The van der Waals surface area contributed by atoms with E-state index in [1.165, 1.54) is 0 Å². The van der Waals surface area contributed by atoms with Crippen LogP contribution in [0.25, 0.3) is 11.0 Å². The Morgan fingerprint density at radius 3 is 2.69 bits per heavy atom. The first kappa shape index (κ1) is 8.73. The maximum atomic E-state index is 5.95. The monoisotopic (exact) mass is 212 g/mol. The van der Waals surface area contributed by atoms with Crippen molar-refractivity contribution in [3.8, 4) is 0 Å². The quantitative estimate of drug-likeness (QED) is 0.627. The molecule has 0 radical (unpaired) electrons. The molecule has 2 nitrogen and oxygen atoms in total.